The zero-order valence-electron chi connectivity index (χ0n) is 9.46. The van der Waals surface area contributed by atoms with Crippen LogP contribution in [0.25, 0.3) is 0 Å². The summed E-state index contributed by atoms with van der Waals surface area (Å²) in [4.78, 5) is 25.7. The summed E-state index contributed by atoms with van der Waals surface area (Å²) >= 11 is 0. The lowest BCUT2D eigenvalue weighted by molar-refractivity contribution is -0.121. The lowest BCUT2D eigenvalue weighted by Gasteiger charge is -2.12. The lowest BCUT2D eigenvalue weighted by atomic mass is 10.1. The lowest BCUT2D eigenvalue weighted by Crippen LogP contribution is -2.25. The van der Waals surface area contributed by atoms with Gasteiger partial charge in [-0.2, -0.15) is 4.99 Å². The number of Topliss-reactive ketones (excluding diaryl/α,β-unsaturated/α-hetero) is 1. The maximum Gasteiger partial charge on any atom is 0.343 e. The Kier molecular flexibility index (Phi) is 5.30. The van der Waals surface area contributed by atoms with Gasteiger partial charge >= 0.3 is 6.03 Å². The molecule has 0 bridgehead atoms. The van der Waals surface area contributed by atoms with Crippen molar-refractivity contribution in [3.8, 4) is 0 Å². The molecule has 0 aromatic carbocycles. The molecule has 0 aromatic heterocycles. The molecule has 15 heavy (non-hydrogen) atoms. The quantitative estimate of drug-likeness (QED) is 0.435. The van der Waals surface area contributed by atoms with Crippen molar-refractivity contribution in [2.75, 3.05) is 7.05 Å². The Bertz CT molecular complexity index is 308. The molecule has 2 amide bonds. The number of urea groups is 1. The van der Waals surface area contributed by atoms with Gasteiger partial charge in [0.05, 0.1) is 0 Å². The molecule has 5 heteroatoms. The third kappa shape index (κ3) is 4.95. The van der Waals surface area contributed by atoms with Crippen LogP contribution in [0.2, 0.25) is 0 Å². The van der Waals surface area contributed by atoms with Crippen LogP contribution in [0.5, 0.6) is 0 Å². The molecule has 1 N–H and O–H groups in total. The summed E-state index contributed by atoms with van der Waals surface area (Å²) in [5.41, 5.74) is 0.412. The smallest absolute Gasteiger partial charge is 0.343 e. The van der Waals surface area contributed by atoms with E-state index in [0.29, 0.717) is 5.57 Å². The van der Waals surface area contributed by atoms with Crippen LogP contribution in [0, 0.1) is 0 Å². The molecule has 0 spiro atoms. The van der Waals surface area contributed by atoms with Crippen LogP contribution in [0.1, 0.15) is 20.8 Å². The van der Waals surface area contributed by atoms with Crippen molar-refractivity contribution in [1.82, 2.24) is 5.32 Å². The SMILES string of the molecule is C=C(C)C(=O)C(C)O/C(C)=N/C(=O)NC. The number of nitrogens with one attached hydrogen (secondary N) is 1. The molecule has 5 nitrogen and oxygen atoms in total. The van der Waals surface area contributed by atoms with E-state index in [2.05, 4.69) is 16.9 Å². The normalized spacial score (nSPS) is 12.9. The van der Waals surface area contributed by atoms with Gasteiger partial charge in [-0.25, -0.2) is 4.79 Å². The number of amides is 2. The topological polar surface area (TPSA) is 67.8 Å². The van der Waals surface area contributed by atoms with Crippen LogP contribution in [-0.2, 0) is 9.53 Å². The van der Waals surface area contributed by atoms with E-state index in [4.69, 9.17) is 4.74 Å². The van der Waals surface area contributed by atoms with Gasteiger partial charge in [-0.05, 0) is 19.4 Å². The molecule has 0 heterocycles. The van der Waals surface area contributed by atoms with Gasteiger partial charge in [-0.3, -0.25) is 4.79 Å². The monoisotopic (exact) mass is 212 g/mol. The molecular formula is C10H16N2O3. The van der Waals surface area contributed by atoms with Gasteiger partial charge in [-0.1, -0.05) is 6.58 Å². The first kappa shape index (κ1) is 13.4. The Balaban J connectivity index is 4.36. The fourth-order valence-electron chi connectivity index (χ4n) is 0.882. The maximum atomic E-state index is 11.4. The van der Waals surface area contributed by atoms with E-state index in [1.807, 2.05) is 0 Å². The number of hydrogen-bond donors (Lipinski definition) is 1. The Morgan fingerprint density at radius 3 is 2.33 bits per heavy atom. The summed E-state index contributed by atoms with van der Waals surface area (Å²) in [5.74, 6) is -0.0575. The second kappa shape index (κ2) is 5.95. The van der Waals surface area contributed by atoms with Crippen LogP contribution in [0.15, 0.2) is 17.1 Å². The summed E-state index contributed by atoms with van der Waals surface area (Å²) in [6, 6.07) is -0.512. The Morgan fingerprint density at radius 1 is 1.40 bits per heavy atom. The molecule has 0 aliphatic heterocycles. The van der Waals surface area contributed by atoms with Crippen molar-refractivity contribution in [1.29, 1.82) is 0 Å². The van der Waals surface area contributed by atoms with Crippen LogP contribution >= 0.6 is 0 Å². The average Bonchev–Trinajstić information content (AvgIpc) is 2.15. The zero-order valence-corrected chi connectivity index (χ0v) is 9.46. The first-order valence-electron chi connectivity index (χ1n) is 4.51. The number of nitrogens with zero attached hydrogens (tertiary/aromatic N) is 1. The molecule has 84 valence electrons. The van der Waals surface area contributed by atoms with E-state index in [9.17, 15) is 9.59 Å². The van der Waals surface area contributed by atoms with Crippen LogP contribution in [0.4, 0.5) is 4.79 Å². The molecule has 0 fully saturated rings. The molecule has 0 aromatic rings. The summed E-state index contributed by atoms with van der Waals surface area (Å²) in [6.45, 7) is 8.21. The van der Waals surface area contributed by atoms with Crippen molar-refractivity contribution in [3.63, 3.8) is 0 Å². The number of hydrogen-bond acceptors (Lipinski definition) is 3. The minimum Gasteiger partial charge on any atom is -0.470 e. The van der Waals surface area contributed by atoms with Gasteiger partial charge in [0.25, 0.3) is 0 Å². The van der Waals surface area contributed by atoms with Gasteiger partial charge in [0, 0.05) is 14.0 Å². The van der Waals surface area contributed by atoms with Gasteiger partial charge in [0.15, 0.2) is 17.8 Å². The second-order valence-corrected chi connectivity index (χ2v) is 3.09. The number of carbonyl (C=O) groups excluding carboxylic acids is 2. The van der Waals surface area contributed by atoms with Crippen molar-refractivity contribution in [2.45, 2.75) is 26.9 Å². The van der Waals surface area contributed by atoms with Crippen molar-refractivity contribution in [3.05, 3.63) is 12.2 Å². The second-order valence-electron chi connectivity index (χ2n) is 3.09. The van der Waals surface area contributed by atoms with Gasteiger partial charge in [0.2, 0.25) is 0 Å². The largest absolute Gasteiger partial charge is 0.470 e. The van der Waals surface area contributed by atoms with E-state index in [0.717, 1.165) is 0 Å². The van der Waals surface area contributed by atoms with Crippen LogP contribution in [-0.4, -0.2) is 30.9 Å². The molecule has 0 saturated carbocycles. The third-order valence-electron chi connectivity index (χ3n) is 1.61. The van der Waals surface area contributed by atoms with E-state index in [1.165, 1.54) is 14.0 Å². The van der Waals surface area contributed by atoms with E-state index in [1.54, 1.807) is 13.8 Å². The van der Waals surface area contributed by atoms with Crippen molar-refractivity contribution < 1.29 is 14.3 Å². The highest BCUT2D eigenvalue weighted by Gasteiger charge is 2.15. The zero-order chi connectivity index (χ0) is 12.0. The Hall–Kier alpha value is -1.65. The van der Waals surface area contributed by atoms with E-state index in [-0.39, 0.29) is 11.7 Å². The first-order valence-corrected chi connectivity index (χ1v) is 4.51. The van der Waals surface area contributed by atoms with E-state index < -0.39 is 12.1 Å². The van der Waals surface area contributed by atoms with Crippen molar-refractivity contribution in [2.24, 2.45) is 4.99 Å². The van der Waals surface area contributed by atoms with Crippen LogP contribution < -0.4 is 5.32 Å². The van der Waals surface area contributed by atoms with E-state index >= 15 is 0 Å². The summed E-state index contributed by atoms with van der Waals surface area (Å²) in [6.07, 6.45) is -0.670. The highest BCUT2D eigenvalue weighted by atomic mass is 16.5. The minimum atomic E-state index is -0.670. The molecule has 1 unspecified atom stereocenters. The molecule has 0 aliphatic rings. The molecule has 1 atom stereocenters. The number of carbonyl (C=O) groups is 2. The first-order chi connectivity index (χ1) is 6.88. The Labute approximate surface area is 89.2 Å². The fourth-order valence-corrected chi connectivity index (χ4v) is 0.882. The molecule has 0 radical (unpaired) electrons. The fraction of sp³-hybridized carbons (Fsp3) is 0.500. The summed E-state index contributed by atoms with van der Waals surface area (Å²) in [5, 5.41) is 2.31. The number of ether oxygens (including phenoxy) is 1. The maximum absolute atomic E-state index is 11.4. The minimum absolute atomic E-state index is 0.149. The van der Waals surface area contributed by atoms with Gasteiger partial charge < -0.3 is 10.1 Å². The predicted octanol–water partition coefficient (Wildman–Crippen LogP) is 1.29. The average molecular weight is 212 g/mol. The van der Waals surface area contributed by atoms with Crippen molar-refractivity contribution >= 4 is 17.7 Å². The highest BCUT2D eigenvalue weighted by molar-refractivity contribution is 5.99. The highest BCUT2D eigenvalue weighted by Crippen LogP contribution is 2.01. The van der Waals surface area contributed by atoms with Gasteiger partial charge in [0.1, 0.15) is 0 Å². The standard InChI is InChI=1S/C10H16N2O3/c1-6(2)9(13)7(3)15-8(4)12-10(14)11-5/h7H,1H2,2-5H3,(H,11,14)/b12-8+. The predicted molar refractivity (Wildman–Crippen MR) is 57.9 cm³/mol. The number of rotatable bonds is 3. The molecule has 0 rings (SSSR count). The summed E-state index contributed by atoms with van der Waals surface area (Å²) in [7, 11) is 1.46. The number of ketones is 1. The molecular weight excluding hydrogens is 196 g/mol. The number of aliphatic imine (C=N–C) groups is 1. The summed E-state index contributed by atoms with van der Waals surface area (Å²) < 4.78 is 5.12. The molecule has 0 aliphatic carbocycles. The third-order valence-corrected chi connectivity index (χ3v) is 1.61. The van der Waals surface area contributed by atoms with Gasteiger partial charge in [-0.15, -0.1) is 0 Å². The Morgan fingerprint density at radius 2 is 1.93 bits per heavy atom. The van der Waals surface area contributed by atoms with Crippen LogP contribution in [0.3, 0.4) is 0 Å². The molecule has 0 saturated heterocycles.